The molecule has 0 fully saturated rings. The van der Waals surface area contributed by atoms with Crippen LogP contribution in [0, 0.1) is 0 Å². The number of hydrogen-bond acceptors (Lipinski definition) is 8. The highest BCUT2D eigenvalue weighted by Crippen LogP contribution is 2.31. The van der Waals surface area contributed by atoms with E-state index in [9.17, 15) is 14.4 Å². The number of methoxy groups -OCH3 is 2. The van der Waals surface area contributed by atoms with E-state index in [-0.39, 0.29) is 30.0 Å². The molecule has 4 rings (SSSR count). The zero-order chi connectivity index (χ0) is 25.7. The minimum atomic E-state index is -0.658. The van der Waals surface area contributed by atoms with Gasteiger partial charge >= 0.3 is 5.97 Å². The van der Waals surface area contributed by atoms with E-state index in [2.05, 4.69) is 10.4 Å². The van der Waals surface area contributed by atoms with Gasteiger partial charge in [0.15, 0.2) is 5.69 Å². The number of nitrogens with zero attached hydrogens (tertiary/aromatic N) is 2. The molecular weight excluding hydrogens is 482 g/mol. The monoisotopic (exact) mass is 507 g/mol. The van der Waals surface area contributed by atoms with Gasteiger partial charge in [-0.25, -0.2) is 4.79 Å². The first-order valence-electron chi connectivity index (χ1n) is 11.2. The molecule has 2 heterocycles. The summed E-state index contributed by atoms with van der Waals surface area (Å²) in [6.07, 6.45) is 0.731. The van der Waals surface area contributed by atoms with E-state index in [1.807, 2.05) is 24.3 Å². The van der Waals surface area contributed by atoms with Gasteiger partial charge in [-0.05, 0) is 43.2 Å². The number of rotatable bonds is 9. The molecule has 0 saturated carbocycles. The molecule has 0 unspecified atom stereocenters. The molecule has 0 atom stereocenters. The lowest BCUT2D eigenvalue weighted by molar-refractivity contribution is -0.116. The number of thiophene rings is 1. The SMILES string of the molecule is CCOC(=O)c1nn(-c2cccc(OC)c2)c(=O)c2c(NC(=O)CCc3ccc(OC)cc3)scc12. The number of aromatic nitrogens is 2. The molecular formula is C26H25N3O6S. The van der Waals surface area contributed by atoms with Crippen molar-refractivity contribution in [3.63, 3.8) is 0 Å². The summed E-state index contributed by atoms with van der Waals surface area (Å²) in [6, 6.07) is 14.2. The Bertz CT molecular complexity index is 1460. The highest BCUT2D eigenvalue weighted by Gasteiger charge is 2.23. The van der Waals surface area contributed by atoms with E-state index in [4.69, 9.17) is 14.2 Å². The van der Waals surface area contributed by atoms with Crippen LogP contribution in [0.1, 0.15) is 29.4 Å². The average molecular weight is 508 g/mol. The maximum Gasteiger partial charge on any atom is 0.359 e. The van der Waals surface area contributed by atoms with Crippen molar-refractivity contribution < 1.29 is 23.8 Å². The number of carbonyl (C=O) groups is 2. The molecule has 2 aromatic heterocycles. The Hall–Kier alpha value is -4.18. The maximum atomic E-state index is 13.5. The zero-order valence-electron chi connectivity index (χ0n) is 20.1. The van der Waals surface area contributed by atoms with Crippen molar-refractivity contribution in [3.05, 3.63) is 75.5 Å². The number of benzene rings is 2. The summed E-state index contributed by atoms with van der Waals surface area (Å²) in [5.74, 6) is 0.355. The molecule has 186 valence electrons. The summed E-state index contributed by atoms with van der Waals surface area (Å²) in [4.78, 5) is 39.0. The molecule has 0 saturated heterocycles. The van der Waals surface area contributed by atoms with Crippen molar-refractivity contribution in [2.75, 3.05) is 26.1 Å². The van der Waals surface area contributed by atoms with E-state index in [1.165, 1.54) is 7.11 Å². The van der Waals surface area contributed by atoms with Gasteiger partial charge in [-0.15, -0.1) is 11.3 Å². The summed E-state index contributed by atoms with van der Waals surface area (Å²) < 4.78 is 16.7. The summed E-state index contributed by atoms with van der Waals surface area (Å²) in [7, 11) is 3.11. The lowest BCUT2D eigenvalue weighted by Crippen LogP contribution is -2.25. The Kier molecular flexibility index (Phi) is 7.65. The molecule has 4 aromatic rings. The number of fused-ring (bicyclic) bond motifs is 1. The maximum absolute atomic E-state index is 13.5. The normalized spacial score (nSPS) is 10.8. The Labute approximate surface area is 211 Å². The van der Waals surface area contributed by atoms with Crippen molar-refractivity contribution in [2.24, 2.45) is 0 Å². The molecule has 1 N–H and O–H groups in total. The van der Waals surface area contributed by atoms with Crippen LogP contribution < -0.4 is 20.3 Å². The highest BCUT2D eigenvalue weighted by molar-refractivity contribution is 7.16. The van der Waals surface area contributed by atoms with Crippen LogP contribution in [0.2, 0.25) is 0 Å². The summed E-state index contributed by atoms with van der Waals surface area (Å²) >= 11 is 1.16. The Balaban J connectivity index is 1.69. The van der Waals surface area contributed by atoms with Gasteiger partial charge in [0, 0.05) is 23.3 Å². The summed E-state index contributed by atoms with van der Waals surface area (Å²) in [6.45, 7) is 1.84. The molecule has 1 amide bonds. The van der Waals surface area contributed by atoms with Crippen molar-refractivity contribution >= 4 is 39.0 Å². The van der Waals surface area contributed by atoms with Crippen molar-refractivity contribution in [1.29, 1.82) is 0 Å². The van der Waals surface area contributed by atoms with Crippen LogP contribution >= 0.6 is 11.3 Å². The van der Waals surface area contributed by atoms with Gasteiger partial charge in [-0.3, -0.25) is 9.59 Å². The molecule has 2 aromatic carbocycles. The second-order valence-corrected chi connectivity index (χ2v) is 8.62. The molecule has 0 aliphatic carbocycles. The molecule has 0 aliphatic rings. The van der Waals surface area contributed by atoms with Crippen molar-refractivity contribution in [3.8, 4) is 17.2 Å². The standard InChI is InChI=1S/C26H25N3O6S/c1-4-35-26(32)23-20-15-36-24(27-21(30)13-10-16-8-11-18(33-2)12-9-16)22(20)25(31)29(28-23)17-6-5-7-19(14-17)34-3/h5-9,11-12,14-15H,4,10,13H2,1-3H3,(H,27,30). The predicted octanol–water partition coefficient (Wildman–Crippen LogP) is 4.21. The third-order valence-electron chi connectivity index (χ3n) is 5.47. The Morgan fingerprint density at radius 3 is 2.50 bits per heavy atom. The molecule has 0 spiro atoms. The van der Waals surface area contributed by atoms with Crippen LogP contribution in [0.4, 0.5) is 5.00 Å². The number of esters is 1. The van der Waals surface area contributed by atoms with Gasteiger partial charge in [0.1, 0.15) is 16.5 Å². The predicted molar refractivity (Wildman–Crippen MR) is 138 cm³/mol. The summed E-state index contributed by atoms with van der Waals surface area (Å²) in [5.41, 5.74) is 0.910. The van der Waals surface area contributed by atoms with Gasteiger partial charge < -0.3 is 19.5 Å². The van der Waals surface area contributed by atoms with Crippen LogP contribution in [-0.4, -0.2) is 42.5 Å². The van der Waals surface area contributed by atoms with Gasteiger partial charge in [-0.2, -0.15) is 9.78 Å². The first-order valence-corrected chi connectivity index (χ1v) is 12.1. The minimum Gasteiger partial charge on any atom is -0.497 e. The van der Waals surface area contributed by atoms with E-state index in [0.717, 1.165) is 27.3 Å². The second kappa shape index (κ2) is 11.0. The van der Waals surface area contributed by atoms with Gasteiger partial charge in [0.2, 0.25) is 5.91 Å². The van der Waals surface area contributed by atoms with E-state index in [0.29, 0.717) is 28.2 Å². The zero-order valence-corrected chi connectivity index (χ0v) is 20.9. The lowest BCUT2D eigenvalue weighted by atomic mass is 10.1. The topological polar surface area (TPSA) is 109 Å². The van der Waals surface area contributed by atoms with Crippen LogP contribution in [-0.2, 0) is 16.0 Å². The quantitative estimate of drug-likeness (QED) is 0.338. The van der Waals surface area contributed by atoms with Gasteiger partial charge in [0.05, 0.1) is 31.9 Å². The number of anilines is 1. The third-order valence-corrected chi connectivity index (χ3v) is 6.37. The number of nitrogens with one attached hydrogen (secondary N) is 1. The largest absolute Gasteiger partial charge is 0.497 e. The van der Waals surface area contributed by atoms with E-state index in [1.54, 1.807) is 43.7 Å². The molecule has 0 aliphatic heterocycles. The Morgan fingerprint density at radius 2 is 1.81 bits per heavy atom. The fourth-order valence-electron chi connectivity index (χ4n) is 3.65. The lowest BCUT2D eigenvalue weighted by Gasteiger charge is -2.11. The first kappa shape index (κ1) is 24.9. The fourth-order valence-corrected chi connectivity index (χ4v) is 4.60. The summed E-state index contributed by atoms with van der Waals surface area (Å²) in [5, 5.41) is 9.64. The van der Waals surface area contributed by atoms with Crippen LogP contribution in [0.15, 0.2) is 58.7 Å². The third kappa shape index (κ3) is 5.23. The second-order valence-electron chi connectivity index (χ2n) is 7.74. The fraction of sp³-hybridized carbons (Fsp3) is 0.231. The average Bonchev–Trinajstić information content (AvgIpc) is 3.32. The first-order chi connectivity index (χ1) is 17.4. The number of amides is 1. The minimum absolute atomic E-state index is 0.00995. The van der Waals surface area contributed by atoms with E-state index < -0.39 is 11.5 Å². The number of hydrogen-bond donors (Lipinski definition) is 1. The number of carbonyl (C=O) groups excluding carboxylic acids is 2. The molecule has 9 nitrogen and oxygen atoms in total. The molecule has 10 heteroatoms. The number of ether oxygens (including phenoxy) is 3. The van der Waals surface area contributed by atoms with Crippen molar-refractivity contribution in [2.45, 2.75) is 19.8 Å². The van der Waals surface area contributed by atoms with Crippen LogP contribution in [0.25, 0.3) is 16.5 Å². The van der Waals surface area contributed by atoms with E-state index >= 15 is 0 Å². The highest BCUT2D eigenvalue weighted by atomic mass is 32.1. The van der Waals surface area contributed by atoms with Gasteiger partial charge in [-0.1, -0.05) is 18.2 Å². The van der Waals surface area contributed by atoms with Crippen molar-refractivity contribution in [1.82, 2.24) is 9.78 Å². The molecule has 0 radical (unpaired) electrons. The Morgan fingerprint density at radius 1 is 1.06 bits per heavy atom. The number of aryl methyl sites for hydroxylation is 1. The van der Waals surface area contributed by atoms with Crippen LogP contribution in [0.3, 0.4) is 0 Å². The smallest absolute Gasteiger partial charge is 0.359 e. The van der Waals surface area contributed by atoms with Crippen LogP contribution in [0.5, 0.6) is 11.5 Å². The molecule has 36 heavy (non-hydrogen) atoms. The van der Waals surface area contributed by atoms with Gasteiger partial charge in [0.25, 0.3) is 5.56 Å². The molecule has 0 bridgehead atoms.